The van der Waals surface area contributed by atoms with Crippen LogP contribution in [0.5, 0.6) is 0 Å². The van der Waals surface area contributed by atoms with Crippen molar-refractivity contribution in [1.82, 2.24) is 0 Å². The van der Waals surface area contributed by atoms with Crippen LogP contribution in [0.1, 0.15) is 0 Å². The van der Waals surface area contributed by atoms with Crippen molar-refractivity contribution in [2.75, 3.05) is 6.61 Å². The molecule has 1 aliphatic rings. The van der Waals surface area contributed by atoms with Gasteiger partial charge in [0.1, 0.15) is 20.1 Å². The molecule has 0 aromatic rings. The Balaban J connectivity index is 2.91. The van der Waals surface area contributed by atoms with Crippen LogP contribution in [0.2, 0.25) is 0 Å². The molecule has 0 spiro atoms. The lowest BCUT2D eigenvalue weighted by Crippen LogP contribution is -2.43. The maximum Gasteiger partial charge on any atom is 0.182 e. The molecule has 5 heteroatoms. The molecule has 1 fully saturated rings. The molecule has 0 aromatic heterocycles. The van der Waals surface area contributed by atoms with Crippen molar-refractivity contribution in [2.24, 2.45) is 0 Å². The molecule has 0 aliphatic carbocycles. The van der Waals surface area contributed by atoms with E-state index >= 15 is 0 Å². The summed E-state index contributed by atoms with van der Waals surface area (Å²) in [5.74, 6) is 0. The summed E-state index contributed by atoms with van der Waals surface area (Å²) >= 11 is 0. The summed E-state index contributed by atoms with van der Waals surface area (Å²) in [7, 11) is 5.29. The molecule has 0 saturated carbocycles. The zero-order valence-electron chi connectivity index (χ0n) is 6.98. The lowest BCUT2D eigenvalue weighted by molar-refractivity contribution is -0.00855. The maximum absolute atomic E-state index is 13.8. The monoisotopic (exact) mass is 184 g/mol. The van der Waals surface area contributed by atoms with Gasteiger partial charge in [-0.15, -0.1) is 5.73 Å². The zero-order chi connectivity index (χ0) is 10.1. The van der Waals surface area contributed by atoms with Crippen molar-refractivity contribution >= 4 is 7.85 Å². The first-order chi connectivity index (χ1) is 6.06. The van der Waals surface area contributed by atoms with Crippen molar-refractivity contribution in [2.45, 2.75) is 23.9 Å². The van der Waals surface area contributed by atoms with Gasteiger partial charge in [0.25, 0.3) is 0 Å². The first-order valence-corrected chi connectivity index (χ1v) is 3.82. The average Bonchev–Trinajstić information content (AvgIpc) is 2.31. The normalized spacial score (nSPS) is 44.4. The molecule has 3 nitrogen and oxygen atoms in total. The lowest BCUT2D eigenvalue weighted by atomic mass is 9.82. The predicted octanol–water partition coefficient (Wildman–Crippen LogP) is -0.718. The molecule has 2 N–H and O–H groups in total. The molecule has 1 heterocycles. The van der Waals surface area contributed by atoms with E-state index in [-0.39, 0.29) is 0 Å². The number of hydrogen-bond donors (Lipinski definition) is 2. The van der Waals surface area contributed by atoms with Crippen LogP contribution in [-0.4, -0.2) is 48.5 Å². The summed E-state index contributed by atoms with van der Waals surface area (Å²) in [4.78, 5) is 0. The molecule has 1 saturated heterocycles. The first kappa shape index (κ1) is 10.5. The number of hydrogen-bond acceptors (Lipinski definition) is 3. The van der Waals surface area contributed by atoms with E-state index in [9.17, 15) is 9.50 Å². The van der Waals surface area contributed by atoms with Crippen LogP contribution in [0, 0.1) is 0 Å². The fourth-order valence-electron chi connectivity index (χ4n) is 1.29. The number of aliphatic hydroxyl groups excluding tert-OH is 2. The van der Waals surface area contributed by atoms with Crippen molar-refractivity contribution in [3.63, 3.8) is 0 Å². The third-order valence-electron chi connectivity index (χ3n) is 2.07. The minimum absolute atomic E-state index is 0.481. The molecule has 0 aromatic carbocycles. The van der Waals surface area contributed by atoms with Crippen molar-refractivity contribution < 1.29 is 19.3 Å². The van der Waals surface area contributed by atoms with Crippen LogP contribution in [0.15, 0.2) is 18.4 Å². The fourth-order valence-corrected chi connectivity index (χ4v) is 1.29. The van der Waals surface area contributed by atoms with Crippen LogP contribution >= 0.6 is 0 Å². The topological polar surface area (TPSA) is 49.7 Å². The van der Waals surface area contributed by atoms with Crippen LogP contribution in [-0.2, 0) is 4.74 Å². The van der Waals surface area contributed by atoms with E-state index in [1.54, 1.807) is 0 Å². The Morgan fingerprint density at radius 3 is 2.77 bits per heavy atom. The smallest absolute Gasteiger partial charge is 0.182 e. The molecule has 13 heavy (non-hydrogen) atoms. The number of alkyl halides is 1. The second kappa shape index (κ2) is 3.64. The standard InChI is InChI=1S/C8H10BFO3/c1-2-3-8(10)6(12)5(4-11)13-7(8)9/h3,5-7,11-12H,1,4H2/t5-,6?,7-,8-/m1/s1. The van der Waals surface area contributed by atoms with Gasteiger partial charge in [-0.2, -0.15) is 0 Å². The van der Waals surface area contributed by atoms with Gasteiger partial charge in [0, 0.05) is 0 Å². The fraction of sp³-hybridized carbons (Fsp3) is 0.625. The third kappa shape index (κ3) is 1.56. The second-order valence-corrected chi connectivity index (χ2v) is 2.90. The zero-order valence-corrected chi connectivity index (χ0v) is 6.98. The first-order valence-electron chi connectivity index (χ1n) is 3.82. The van der Waals surface area contributed by atoms with Gasteiger partial charge in [-0.3, -0.25) is 0 Å². The van der Waals surface area contributed by atoms with E-state index in [1.807, 2.05) is 0 Å². The van der Waals surface area contributed by atoms with Crippen LogP contribution in [0.25, 0.3) is 0 Å². The van der Waals surface area contributed by atoms with Gasteiger partial charge < -0.3 is 14.9 Å². The Morgan fingerprint density at radius 1 is 1.77 bits per heavy atom. The Hall–Kier alpha value is -0.605. The third-order valence-corrected chi connectivity index (χ3v) is 2.07. The quantitative estimate of drug-likeness (QED) is 0.440. The number of halogens is 1. The summed E-state index contributed by atoms with van der Waals surface area (Å²) in [5, 5.41) is 18.1. The van der Waals surface area contributed by atoms with Crippen LogP contribution in [0.4, 0.5) is 4.39 Å². The Kier molecular flexibility index (Phi) is 2.93. The molecule has 70 valence electrons. The van der Waals surface area contributed by atoms with Crippen molar-refractivity contribution in [3.05, 3.63) is 18.4 Å². The van der Waals surface area contributed by atoms with E-state index in [4.69, 9.17) is 17.7 Å². The SMILES string of the molecule is [B][C@@H]1O[C@H](CO)C(O)[C@]1(F)C=C=C. The highest BCUT2D eigenvalue weighted by atomic mass is 19.1. The van der Waals surface area contributed by atoms with Gasteiger partial charge in [-0.1, -0.05) is 6.58 Å². The minimum atomic E-state index is -2.21. The second-order valence-electron chi connectivity index (χ2n) is 2.90. The predicted molar refractivity (Wildman–Crippen MR) is 45.1 cm³/mol. The van der Waals surface area contributed by atoms with E-state index in [1.165, 1.54) is 0 Å². The molecule has 1 unspecified atom stereocenters. The highest BCUT2D eigenvalue weighted by Gasteiger charge is 2.52. The highest BCUT2D eigenvalue weighted by Crippen LogP contribution is 2.34. The molecular formula is C8H10BFO3. The van der Waals surface area contributed by atoms with E-state index in [0.717, 1.165) is 6.08 Å². The maximum atomic E-state index is 13.8. The van der Waals surface area contributed by atoms with Crippen molar-refractivity contribution in [3.8, 4) is 0 Å². The molecule has 2 radical (unpaired) electrons. The number of aliphatic hydroxyl groups is 2. The van der Waals surface area contributed by atoms with E-state index < -0.39 is 30.5 Å². The summed E-state index contributed by atoms with van der Waals surface area (Å²) in [6, 6.07) is -1.30. The molecule has 4 atom stereocenters. The van der Waals surface area contributed by atoms with Gasteiger partial charge in [0.05, 0.1) is 12.6 Å². The number of ether oxygens (including phenoxy) is 1. The average molecular weight is 184 g/mol. The summed E-state index contributed by atoms with van der Waals surface area (Å²) in [5.41, 5.74) is -0.00916. The highest BCUT2D eigenvalue weighted by molar-refractivity contribution is 6.12. The molecule has 0 bridgehead atoms. The van der Waals surface area contributed by atoms with Gasteiger partial charge in [0.15, 0.2) is 5.67 Å². The Morgan fingerprint density at radius 2 is 2.38 bits per heavy atom. The van der Waals surface area contributed by atoms with Crippen molar-refractivity contribution in [1.29, 1.82) is 0 Å². The van der Waals surface area contributed by atoms with Gasteiger partial charge in [0.2, 0.25) is 0 Å². The van der Waals surface area contributed by atoms with E-state index in [2.05, 4.69) is 12.3 Å². The number of rotatable bonds is 2. The van der Waals surface area contributed by atoms with Crippen LogP contribution in [0.3, 0.4) is 0 Å². The molecule has 0 amide bonds. The summed E-state index contributed by atoms with van der Waals surface area (Å²) in [6.45, 7) is 2.70. The van der Waals surface area contributed by atoms with Gasteiger partial charge in [-0.05, 0) is 6.08 Å². The lowest BCUT2D eigenvalue weighted by Gasteiger charge is -2.21. The summed E-state index contributed by atoms with van der Waals surface area (Å²) < 4.78 is 18.6. The molecule has 1 rings (SSSR count). The Bertz CT molecular complexity index is 242. The summed E-state index contributed by atoms with van der Waals surface area (Å²) in [6.07, 6.45) is -1.57. The van der Waals surface area contributed by atoms with Gasteiger partial charge in [-0.25, -0.2) is 4.39 Å². The van der Waals surface area contributed by atoms with E-state index in [0.29, 0.717) is 0 Å². The Labute approximate surface area is 76.9 Å². The largest absolute Gasteiger partial charge is 0.394 e. The molecular weight excluding hydrogens is 174 g/mol. The van der Waals surface area contributed by atoms with Crippen LogP contribution < -0.4 is 0 Å². The van der Waals surface area contributed by atoms with Gasteiger partial charge >= 0.3 is 0 Å². The minimum Gasteiger partial charge on any atom is -0.394 e. The molecule has 1 aliphatic heterocycles.